The van der Waals surface area contributed by atoms with Crippen LogP contribution >= 0.6 is 0 Å². The van der Waals surface area contributed by atoms with E-state index in [4.69, 9.17) is 0 Å². The number of hydrogen-bond acceptors (Lipinski definition) is 1. The summed E-state index contributed by atoms with van der Waals surface area (Å²) in [5, 5.41) is 0. The lowest BCUT2D eigenvalue weighted by atomic mass is 9.86. The Bertz CT molecular complexity index is 586. The zero-order valence-corrected chi connectivity index (χ0v) is 12.8. The van der Waals surface area contributed by atoms with Gasteiger partial charge in [-0.2, -0.15) is 0 Å². The molecule has 1 aromatic rings. The van der Waals surface area contributed by atoms with Crippen molar-refractivity contribution in [1.82, 2.24) is 4.90 Å². The van der Waals surface area contributed by atoms with Gasteiger partial charge in [-0.25, -0.2) is 13.2 Å². The second-order valence-corrected chi connectivity index (χ2v) is 7.12. The molecule has 1 aromatic carbocycles. The molecule has 5 heteroatoms. The first kappa shape index (κ1) is 15.4. The van der Waals surface area contributed by atoms with Crippen molar-refractivity contribution in [2.24, 2.45) is 5.41 Å². The van der Waals surface area contributed by atoms with Gasteiger partial charge in [0.1, 0.15) is 5.82 Å². The number of hydrogen-bond donors (Lipinski definition) is 0. The van der Waals surface area contributed by atoms with Crippen LogP contribution in [0.3, 0.4) is 0 Å². The number of piperidine rings is 1. The van der Waals surface area contributed by atoms with Crippen molar-refractivity contribution in [2.75, 3.05) is 13.1 Å². The minimum atomic E-state index is -2.67. The third kappa shape index (κ3) is 2.31. The molecule has 22 heavy (non-hydrogen) atoms. The number of likely N-dealkylation sites (tertiary alicyclic amines) is 1. The Hall–Kier alpha value is -1.52. The summed E-state index contributed by atoms with van der Waals surface area (Å²) in [4.78, 5) is 14.5. The molecule has 2 aliphatic rings. The van der Waals surface area contributed by atoms with Crippen LogP contribution < -0.4 is 0 Å². The van der Waals surface area contributed by atoms with Crippen LogP contribution in [0, 0.1) is 11.2 Å². The minimum absolute atomic E-state index is 0.0882. The van der Waals surface area contributed by atoms with Gasteiger partial charge in [0.2, 0.25) is 5.91 Å². The van der Waals surface area contributed by atoms with E-state index in [-0.39, 0.29) is 43.1 Å². The fourth-order valence-electron chi connectivity index (χ4n) is 3.64. The Balaban J connectivity index is 1.87. The standard InChI is InChI=1S/C17H20F3NO/c1-15(2)11-17(15,12-3-5-13(18)6-4-12)14(22)21-9-7-16(19,20)8-10-21/h3-6H,7-11H2,1-2H3. The quantitative estimate of drug-likeness (QED) is 0.814. The highest BCUT2D eigenvalue weighted by molar-refractivity contribution is 5.93. The lowest BCUT2D eigenvalue weighted by molar-refractivity contribution is -0.141. The van der Waals surface area contributed by atoms with Gasteiger partial charge in [0.25, 0.3) is 5.92 Å². The molecule has 2 nitrogen and oxygen atoms in total. The number of halogens is 3. The molecule has 1 amide bonds. The first-order valence-electron chi connectivity index (χ1n) is 7.61. The molecular weight excluding hydrogens is 291 g/mol. The van der Waals surface area contributed by atoms with Crippen molar-refractivity contribution in [2.45, 2.75) is 44.4 Å². The molecule has 0 bridgehead atoms. The summed E-state index contributed by atoms with van der Waals surface area (Å²) < 4.78 is 39.7. The topological polar surface area (TPSA) is 20.3 Å². The van der Waals surface area contributed by atoms with Gasteiger partial charge in [0.15, 0.2) is 0 Å². The summed E-state index contributed by atoms with van der Waals surface area (Å²) in [6, 6.07) is 5.98. The van der Waals surface area contributed by atoms with Crippen LogP contribution in [0.15, 0.2) is 24.3 Å². The monoisotopic (exact) mass is 311 g/mol. The van der Waals surface area contributed by atoms with Gasteiger partial charge in [0.05, 0.1) is 5.41 Å². The van der Waals surface area contributed by atoms with Crippen LogP contribution in [0.25, 0.3) is 0 Å². The van der Waals surface area contributed by atoms with Crippen LogP contribution in [0.1, 0.15) is 38.7 Å². The van der Waals surface area contributed by atoms with E-state index in [1.54, 1.807) is 17.0 Å². The zero-order valence-electron chi connectivity index (χ0n) is 12.8. The molecular formula is C17H20F3NO. The van der Waals surface area contributed by atoms with Gasteiger partial charge in [-0.1, -0.05) is 26.0 Å². The molecule has 1 atom stereocenters. The molecule has 0 N–H and O–H groups in total. The summed E-state index contributed by atoms with van der Waals surface area (Å²) in [5.41, 5.74) is -0.156. The van der Waals surface area contributed by atoms with Crippen molar-refractivity contribution in [3.05, 3.63) is 35.6 Å². The van der Waals surface area contributed by atoms with E-state index in [9.17, 15) is 18.0 Å². The first-order valence-corrected chi connectivity index (χ1v) is 7.61. The summed E-state index contributed by atoms with van der Waals surface area (Å²) in [7, 11) is 0. The molecule has 1 aliphatic carbocycles. The van der Waals surface area contributed by atoms with E-state index in [1.807, 2.05) is 13.8 Å². The minimum Gasteiger partial charge on any atom is -0.341 e. The molecule has 120 valence electrons. The van der Waals surface area contributed by atoms with Crippen LogP contribution in [0.5, 0.6) is 0 Å². The average Bonchev–Trinajstić information content (AvgIpc) is 3.03. The maximum atomic E-state index is 13.3. The highest BCUT2D eigenvalue weighted by atomic mass is 19.3. The van der Waals surface area contributed by atoms with Gasteiger partial charge >= 0.3 is 0 Å². The lowest BCUT2D eigenvalue weighted by Gasteiger charge is -2.35. The third-order valence-corrected chi connectivity index (χ3v) is 5.22. The van der Waals surface area contributed by atoms with Crippen molar-refractivity contribution >= 4 is 5.91 Å². The van der Waals surface area contributed by atoms with Gasteiger partial charge in [-0.15, -0.1) is 0 Å². The summed E-state index contributed by atoms with van der Waals surface area (Å²) in [5.74, 6) is -3.11. The van der Waals surface area contributed by atoms with Crippen molar-refractivity contribution in [3.63, 3.8) is 0 Å². The van der Waals surface area contributed by atoms with Crippen molar-refractivity contribution < 1.29 is 18.0 Å². The molecule has 3 rings (SSSR count). The van der Waals surface area contributed by atoms with Crippen molar-refractivity contribution in [1.29, 1.82) is 0 Å². The number of rotatable bonds is 2. The Labute approximate surface area is 128 Å². The highest BCUT2D eigenvalue weighted by Crippen LogP contribution is 2.65. The largest absolute Gasteiger partial charge is 0.341 e. The van der Waals surface area contributed by atoms with Gasteiger partial charge in [-0.05, 0) is 29.5 Å². The maximum absolute atomic E-state index is 13.3. The molecule has 0 aromatic heterocycles. The van der Waals surface area contributed by atoms with E-state index in [1.165, 1.54) is 12.1 Å². The van der Waals surface area contributed by atoms with E-state index < -0.39 is 11.3 Å². The Morgan fingerprint density at radius 1 is 1.09 bits per heavy atom. The smallest absolute Gasteiger partial charge is 0.251 e. The zero-order chi connectivity index (χ0) is 16.2. The van der Waals surface area contributed by atoms with Crippen LogP contribution in [-0.2, 0) is 10.2 Å². The summed E-state index contributed by atoms with van der Waals surface area (Å²) in [6.45, 7) is 4.16. The molecule has 1 saturated heterocycles. The molecule has 0 radical (unpaired) electrons. The predicted octanol–water partition coefficient (Wildman–Crippen LogP) is 3.75. The van der Waals surface area contributed by atoms with Crippen molar-refractivity contribution in [3.8, 4) is 0 Å². The van der Waals surface area contributed by atoms with E-state index >= 15 is 0 Å². The predicted molar refractivity (Wildman–Crippen MR) is 77.2 cm³/mol. The van der Waals surface area contributed by atoms with Gasteiger partial charge in [0, 0.05) is 25.9 Å². The second kappa shape index (κ2) is 4.74. The molecule has 2 fully saturated rings. The highest BCUT2D eigenvalue weighted by Gasteiger charge is 2.68. The van der Waals surface area contributed by atoms with Crippen LogP contribution in [0.4, 0.5) is 13.2 Å². The fourth-order valence-corrected chi connectivity index (χ4v) is 3.64. The number of alkyl halides is 2. The van der Waals surface area contributed by atoms with E-state index in [0.29, 0.717) is 6.42 Å². The normalized spacial score (nSPS) is 29.2. The summed E-state index contributed by atoms with van der Waals surface area (Å²) >= 11 is 0. The van der Waals surface area contributed by atoms with Crippen LogP contribution in [-0.4, -0.2) is 29.8 Å². The Morgan fingerprint density at radius 3 is 2.05 bits per heavy atom. The number of nitrogens with zero attached hydrogens (tertiary/aromatic N) is 1. The number of carbonyl (C=O) groups excluding carboxylic acids is 1. The molecule has 1 heterocycles. The first-order chi connectivity index (χ1) is 10.2. The van der Waals surface area contributed by atoms with E-state index in [2.05, 4.69) is 0 Å². The second-order valence-electron chi connectivity index (χ2n) is 7.12. The SMILES string of the molecule is CC1(C)CC1(C(=O)N1CCC(F)(F)CC1)c1ccc(F)cc1. The fraction of sp³-hybridized carbons (Fsp3) is 0.588. The van der Waals surface area contributed by atoms with Gasteiger partial charge < -0.3 is 4.90 Å². The Kier molecular flexibility index (Phi) is 3.31. The van der Waals surface area contributed by atoms with Gasteiger partial charge in [-0.3, -0.25) is 4.79 Å². The molecule has 1 unspecified atom stereocenters. The molecule has 1 saturated carbocycles. The number of amides is 1. The number of benzene rings is 1. The average molecular weight is 311 g/mol. The number of carbonyl (C=O) groups is 1. The molecule has 0 spiro atoms. The third-order valence-electron chi connectivity index (χ3n) is 5.22. The van der Waals surface area contributed by atoms with E-state index in [0.717, 1.165) is 5.56 Å². The Morgan fingerprint density at radius 2 is 1.59 bits per heavy atom. The lowest BCUT2D eigenvalue weighted by Crippen LogP contribution is -2.48. The molecule has 1 aliphatic heterocycles. The maximum Gasteiger partial charge on any atom is 0.251 e. The van der Waals surface area contributed by atoms with Crippen LogP contribution in [0.2, 0.25) is 0 Å². The summed E-state index contributed by atoms with van der Waals surface area (Å²) in [6.07, 6.45) is 0.106.